The summed E-state index contributed by atoms with van der Waals surface area (Å²) in [6.45, 7) is 9.90. The lowest BCUT2D eigenvalue weighted by Gasteiger charge is -2.32. The van der Waals surface area contributed by atoms with E-state index >= 15 is 0 Å². The lowest BCUT2D eigenvalue weighted by molar-refractivity contribution is 0.0893. The molecule has 3 aromatic rings. The van der Waals surface area contributed by atoms with Crippen LogP contribution in [0.25, 0.3) is 11.4 Å². The molecule has 1 saturated heterocycles. The van der Waals surface area contributed by atoms with Crippen molar-refractivity contribution in [2.24, 2.45) is 0 Å². The van der Waals surface area contributed by atoms with Crippen LogP contribution in [0.1, 0.15) is 48.9 Å². The summed E-state index contributed by atoms with van der Waals surface area (Å²) in [5, 5.41) is 6.41. The standard InChI is InChI=1S/C26H35N7O2/c1-18(2)33-19(3)28-17-24(33)23-9-12-27-26(31-23)30-21-7-5-20(6-8-21)25(34)29-22-10-13-32(14-11-22)15-16-35-4/h5-9,12,17-18,22H,10-11,13-16H2,1-4H3,(H,29,34)(H,27,30,31). The maximum atomic E-state index is 12.7. The first-order chi connectivity index (χ1) is 16.9. The quantitative estimate of drug-likeness (QED) is 0.484. The fourth-order valence-corrected chi connectivity index (χ4v) is 4.48. The maximum Gasteiger partial charge on any atom is 0.251 e. The zero-order valence-corrected chi connectivity index (χ0v) is 21.0. The van der Waals surface area contributed by atoms with E-state index in [2.05, 4.69) is 48.9 Å². The summed E-state index contributed by atoms with van der Waals surface area (Å²) < 4.78 is 7.31. The third kappa shape index (κ3) is 6.23. The van der Waals surface area contributed by atoms with Crippen molar-refractivity contribution in [2.45, 2.75) is 45.7 Å². The Balaban J connectivity index is 1.35. The average Bonchev–Trinajstić information content (AvgIpc) is 3.26. The predicted octanol–water partition coefficient (Wildman–Crippen LogP) is 3.81. The summed E-state index contributed by atoms with van der Waals surface area (Å²) in [6, 6.07) is 9.77. The normalized spacial score (nSPS) is 14.9. The topological polar surface area (TPSA) is 97.2 Å². The molecule has 0 unspecified atom stereocenters. The highest BCUT2D eigenvalue weighted by atomic mass is 16.5. The lowest BCUT2D eigenvalue weighted by Crippen LogP contribution is -2.45. The van der Waals surface area contributed by atoms with Crippen molar-refractivity contribution in [1.82, 2.24) is 29.7 Å². The van der Waals surface area contributed by atoms with Gasteiger partial charge in [0.1, 0.15) is 5.82 Å². The highest BCUT2D eigenvalue weighted by Gasteiger charge is 2.21. The number of aromatic nitrogens is 4. The minimum Gasteiger partial charge on any atom is -0.383 e. The lowest BCUT2D eigenvalue weighted by atomic mass is 10.0. The molecule has 1 aliphatic heterocycles. The van der Waals surface area contributed by atoms with Gasteiger partial charge in [0.05, 0.1) is 24.2 Å². The number of anilines is 2. The first-order valence-electron chi connectivity index (χ1n) is 12.2. The monoisotopic (exact) mass is 477 g/mol. The van der Waals surface area contributed by atoms with Gasteiger partial charge in [0, 0.05) is 56.3 Å². The van der Waals surface area contributed by atoms with Gasteiger partial charge in [-0.3, -0.25) is 4.79 Å². The molecule has 0 radical (unpaired) electrons. The minimum atomic E-state index is -0.0394. The third-order valence-electron chi connectivity index (χ3n) is 6.35. The first-order valence-corrected chi connectivity index (χ1v) is 12.2. The van der Waals surface area contributed by atoms with E-state index in [1.807, 2.05) is 43.5 Å². The molecule has 0 aliphatic carbocycles. The van der Waals surface area contributed by atoms with Crippen LogP contribution in [0, 0.1) is 6.92 Å². The predicted molar refractivity (Wildman–Crippen MR) is 137 cm³/mol. The van der Waals surface area contributed by atoms with Crippen LogP contribution in [0.3, 0.4) is 0 Å². The number of likely N-dealkylation sites (tertiary alicyclic amines) is 1. The number of ether oxygens (including phenoxy) is 1. The summed E-state index contributed by atoms with van der Waals surface area (Å²) in [7, 11) is 1.72. The number of aryl methyl sites for hydroxylation is 1. The number of rotatable bonds is 9. The molecule has 0 bridgehead atoms. The van der Waals surface area contributed by atoms with E-state index in [0.29, 0.717) is 11.5 Å². The molecule has 35 heavy (non-hydrogen) atoms. The molecule has 1 aliphatic rings. The number of carbonyl (C=O) groups is 1. The van der Waals surface area contributed by atoms with Gasteiger partial charge in [-0.15, -0.1) is 0 Å². The van der Waals surface area contributed by atoms with Gasteiger partial charge in [-0.25, -0.2) is 15.0 Å². The molecule has 2 aromatic heterocycles. The Morgan fingerprint density at radius 3 is 2.57 bits per heavy atom. The second kappa shape index (κ2) is 11.4. The summed E-state index contributed by atoms with van der Waals surface area (Å²) in [5.41, 5.74) is 3.22. The van der Waals surface area contributed by atoms with Crippen LogP contribution in [0.5, 0.6) is 0 Å². The number of amides is 1. The molecule has 0 atom stereocenters. The molecular weight excluding hydrogens is 442 g/mol. The van der Waals surface area contributed by atoms with Crippen LogP contribution in [0.4, 0.5) is 11.6 Å². The number of hydrogen-bond acceptors (Lipinski definition) is 7. The molecule has 186 valence electrons. The first kappa shape index (κ1) is 24.8. The van der Waals surface area contributed by atoms with Gasteiger partial charge in [-0.2, -0.15) is 0 Å². The molecular formula is C26H35N7O2. The second-order valence-electron chi connectivity index (χ2n) is 9.20. The smallest absolute Gasteiger partial charge is 0.251 e. The van der Waals surface area contributed by atoms with E-state index < -0.39 is 0 Å². The minimum absolute atomic E-state index is 0.0394. The summed E-state index contributed by atoms with van der Waals surface area (Å²) in [6.07, 6.45) is 5.49. The van der Waals surface area contributed by atoms with Crippen LogP contribution in [-0.2, 0) is 4.74 Å². The van der Waals surface area contributed by atoms with Crippen molar-refractivity contribution in [2.75, 3.05) is 38.7 Å². The highest BCUT2D eigenvalue weighted by Crippen LogP contribution is 2.24. The van der Waals surface area contributed by atoms with E-state index in [4.69, 9.17) is 4.74 Å². The van der Waals surface area contributed by atoms with Gasteiger partial charge in [0.25, 0.3) is 5.91 Å². The van der Waals surface area contributed by atoms with Gasteiger partial charge in [0.15, 0.2) is 0 Å². The van der Waals surface area contributed by atoms with Crippen molar-refractivity contribution in [3.8, 4) is 11.4 Å². The van der Waals surface area contributed by atoms with Crippen LogP contribution >= 0.6 is 0 Å². The molecule has 4 rings (SSSR count). The molecule has 1 fully saturated rings. The Morgan fingerprint density at radius 1 is 1.14 bits per heavy atom. The van der Waals surface area contributed by atoms with Gasteiger partial charge in [0.2, 0.25) is 5.95 Å². The summed E-state index contributed by atoms with van der Waals surface area (Å²) in [5.74, 6) is 1.41. The highest BCUT2D eigenvalue weighted by molar-refractivity contribution is 5.94. The molecule has 1 amide bonds. The van der Waals surface area contributed by atoms with Crippen molar-refractivity contribution >= 4 is 17.5 Å². The SMILES string of the molecule is COCCN1CCC(NC(=O)c2ccc(Nc3nccc(-c4cnc(C)n4C(C)C)n3)cc2)CC1. The number of nitrogens with zero attached hydrogens (tertiary/aromatic N) is 5. The fraction of sp³-hybridized carbons (Fsp3) is 0.462. The zero-order chi connectivity index (χ0) is 24.8. The molecule has 2 N–H and O–H groups in total. The van der Waals surface area contributed by atoms with Crippen molar-refractivity contribution in [3.63, 3.8) is 0 Å². The molecule has 1 aromatic carbocycles. The summed E-state index contributed by atoms with van der Waals surface area (Å²) in [4.78, 5) is 28.6. The number of carbonyl (C=O) groups excluding carboxylic acids is 1. The third-order valence-corrected chi connectivity index (χ3v) is 6.35. The molecule has 0 spiro atoms. The van der Waals surface area contributed by atoms with Gasteiger partial charge in [-0.05, 0) is 63.9 Å². The van der Waals surface area contributed by atoms with Gasteiger partial charge < -0.3 is 24.8 Å². The second-order valence-corrected chi connectivity index (χ2v) is 9.20. The zero-order valence-electron chi connectivity index (χ0n) is 21.0. The number of benzene rings is 1. The largest absolute Gasteiger partial charge is 0.383 e. The molecule has 9 heteroatoms. The molecule has 3 heterocycles. The van der Waals surface area contributed by atoms with E-state index in [1.165, 1.54) is 0 Å². The van der Waals surface area contributed by atoms with Gasteiger partial charge >= 0.3 is 0 Å². The maximum absolute atomic E-state index is 12.7. The Hall–Kier alpha value is -3.30. The number of hydrogen-bond donors (Lipinski definition) is 2. The Morgan fingerprint density at radius 2 is 1.89 bits per heavy atom. The molecule has 0 saturated carbocycles. The van der Waals surface area contributed by atoms with E-state index in [-0.39, 0.29) is 18.0 Å². The van der Waals surface area contributed by atoms with Crippen molar-refractivity contribution < 1.29 is 9.53 Å². The number of piperidine rings is 1. The molecule has 9 nitrogen and oxygen atoms in total. The number of methoxy groups -OCH3 is 1. The van der Waals surface area contributed by atoms with Crippen LogP contribution in [0.15, 0.2) is 42.7 Å². The summed E-state index contributed by atoms with van der Waals surface area (Å²) >= 11 is 0. The Kier molecular flexibility index (Phi) is 8.09. The van der Waals surface area contributed by atoms with Crippen molar-refractivity contribution in [3.05, 3.63) is 54.1 Å². The van der Waals surface area contributed by atoms with Crippen molar-refractivity contribution in [1.29, 1.82) is 0 Å². The Labute approximate surface area is 206 Å². The van der Waals surface area contributed by atoms with E-state index in [9.17, 15) is 4.79 Å². The number of nitrogens with one attached hydrogen (secondary N) is 2. The van der Waals surface area contributed by atoms with Crippen LogP contribution in [-0.4, -0.2) is 69.7 Å². The average molecular weight is 478 g/mol. The van der Waals surface area contributed by atoms with Crippen LogP contribution < -0.4 is 10.6 Å². The van der Waals surface area contributed by atoms with Crippen LogP contribution in [0.2, 0.25) is 0 Å². The fourth-order valence-electron chi connectivity index (χ4n) is 4.48. The Bertz CT molecular complexity index is 1120. The van der Waals surface area contributed by atoms with Gasteiger partial charge in [-0.1, -0.05) is 0 Å². The van der Waals surface area contributed by atoms with E-state index in [0.717, 1.165) is 62.0 Å². The number of imidazole rings is 1. The van der Waals surface area contributed by atoms with E-state index in [1.54, 1.807) is 13.3 Å².